The van der Waals surface area contributed by atoms with Crippen molar-refractivity contribution in [3.8, 4) is 0 Å². The molecule has 0 bridgehead atoms. The maximum absolute atomic E-state index is 10.6. The summed E-state index contributed by atoms with van der Waals surface area (Å²) in [6.07, 6.45) is 1.43. The van der Waals surface area contributed by atoms with Crippen molar-refractivity contribution in [3.63, 3.8) is 0 Å². The molecule has 0 atom stereocenters. The van der Waals surface area contributed by atoms with Gasteiger partial charge in [-0.3, -0.25) is 4.79 Å². The zero-order valence-corrected chi connectivity index (χ0v) is 7.78. The van der Waals surface area contributed by atoms with Crippen molar-refractivity contribution < 1.29 is 19.8 Å². The fourth-order valence-electron chi connectivity index (χ4n) is 0.908. The van der Waals surface area contributed by atoms with E-state index >= 15 is 0 Å². The molecule has 0 heterocycles. The molecule has 0 rings (SSSR count). The summed E-state index contributed by atoms with van der Waals surface area (Å²) >= 11 is 0. The van der Waals surface area contributed by atoms with Crippen LogP contribution in [0.2, 0.25) is 0 Å². The standard InChI is InChI=1S/C9H14O4/c1-6(2)5-7(9(12)13)3-4-8(10)11/h3,6H,4-5H2,1-2H3,(H,10,11)(H,12,13)/b7-3+. The Balaban J connectivity index is 4.32. The molecule has 2 N–H and O–H groups in total. The van der Waals surface area contributed by atoms with Crippen molar-refractivity contribution in [2.45, 2.75) is 26.7 Å². The van der Waals surface area contributed by atoms with Crippen LogP contribution in [-0.2, 0) is 9.59 Å². The van der Waals surface area contributed by atoms with Gasteiger partial charge in [-0.15, -0.1) is 0 Å². The lowest BCUT2D eigenvalue weighted by Gasteiger charge is -2.04. The Morgan fingerprint density at radius 1 is 1.31 bits per heavy atom. The Kier molecular flexibility index (Phi) is 4.80. The van der Waals surface area contributed by atoms with Crippen molar-refractivity contribution in [3.05, 3.63) is 11.6 Å². The van der Waals surface area contributed by atoms with Gasteiger partial charge in [0.05, 0.1) is 6.42 Å². The number of carboxylic acids is 2. The summed E-state index contributed by atoms with van der Waals surface area (Å²) in [4.78, 5) is 20.8. The number of aliphatic carboxylic acids is 2. The van der Waals surface area contributed by atoms with Gasteiger partial charge in [0.15, 0.2) is 0 Å². The molecule has 0 aliphatic heterocycles. The second kappa shape index (κ2) is 5.35. The molecule has 0 radical (unpaired) electrons. The molecule has 0 aromatic carbocycles. The first-order chi connectivity index (χ1) is 5.93. The predicted molar refractivity (Wildman–Crippen MR) is 47.4 cm³/mol. The third kappa shape index (κ3) is 5.90. The Bertz CT molecular complexity index is 228. The Labute approximate surface area is 76.9 Å². The molecular weight excluding hydrogens is 172 g/mol. The Hall–Kier alpha value is -1.32. The number of rotatable bonds is 5. The van der Waals surface area contributed by atoms with Crippen LogP contribution in [0.5, 0.6) is 0 Å². The summed E-state index contributed by atoms with van der Waals surface area (Å²) in [6.45, 7) is 3.77. The molecule has 0 unspecified atom stereocenters. The fraction of sp³-hybridized carbons (Fsp3) is 0.556. The predicted octanol–water partition coefficient (Wildman–Crippen LogP) is 1.52. The average Bonchev–Trinajstić information content (AvgIpc) is 1.96. The molecule has 0 fully saturated rings. The van der Waals surface area contributed by atoms with Crippen LogP contribution in [0.4, 0.5) is 0 Å². The maximum Gasteiger partial charge on any atom is 0.331 e. The average molecular weight is 186 g/mol. The molecule has 0 amide bonds. The third-order valence-electron chi connectivity index (χ3n) is 1.43. The molecule has 4 heteroatoms. The summed E-state index contributed by atoms with van der Waals surface area (Å²) in [5.74, 6) is -1.83. The lowest BCUT2D eigenvalue weighted by Crippen LogP contribution is -2.05. The van der Waals surface area contributed by atoms with Crippen LogP contribution in [0.15, 0.2) is 11.6 Å². The molecular formula is C9H14O4. The van der Waals surface area contributed by atoms with E-state index in [1.54, 1.807) is 0 Å². The van der Waals surface area contributed by atoms with E-state index in [0.717, 1.165) is 0 Å². The lowest BCUT2D eigenvalue weighted by molar-refractivity contribution is -0.136. The van der Waals surface area contributed by atoms with Crippen LogP contribution in [0.25, 0.3) is 0 Å². The second-order valence-corrected chi connectivity index (χ2v) is 3.23. The van der Waals surface area contributed by atoms with Crippen LogP contribution >= 0.6 is 0 Å². The van der Waals surface area contributed by atoms with Crippen molar-refractivity contribution in [2.75, 3.05) is 0 Å². The monoisotopic (exact) mass is 186 g/mol. The highest BCUT2D eigenvalue weighted by Crippen LogP contribution is 2.11. The Morgan fingerprint density at radius 2 is 1.85 bits per heavy atom. The summed E-state index contributed by atoms with van der Waals surface area (Å²) in [5.41, 5.74) is 0.178. The van der Waals surface area contributed by atoms with E-state index in [1.165, 1.54) is 6.08 Å². The van der Waals surface area contributed by atoms with Crippen LogP contribution in [0, 0.1) is 5.92 Å². The zero-order chi connectivity index (χ0) is 10.4. The van der Waals surface area contributed by atoms with Gasteiger partial charge in [-0.05, 0) is 12.3 Å². The fourth-order valence-corrected chi connectivity index (χ4v) is 0.908. The van der Waals surface area contributed by atoms with Gasteiger partial charge in [0.25, 0.3) is 0 Å². The van der Waals surface area contributed by atoms with Gasteiger partial charge in [0.1, 0.15) is 0 Å². The summed E-state index contributed by atoms with van der Waals surface area (Å²) in [5, 5.41) is 17.0. The Morgan fingerprint density at radius 3 is 2.15 bits per heavy atom. The lowest BCUT2D eigenvalue weighted by atomic mass is 10.0. The molecule has 0 saturated carbocycles. The van der Waals surface area contributed by atoms with Crippen molar-refractivity contribution in [1.82, 2.24) is 0 Å². The highest BCUT2D eigenvalue weighted by Gasteiger charge is 2.09. The summed E-state index contributed by atoms with van der Waals surface area (Å²) in [6, 6.07) is 0. The minimum Gasteiger partial charge on any atom is -0.481 e. The number of carboxylic acid groups (broad SMARTS) is 2. The largest absolute Gasteiger partial charge is 0.481 e. The SMILES string of the molecule is CC(C)C/C(=C\CC(=O)O)C(=O)O. The smallest absolute Gasteiger partial charge is 0.331 e. The van der Waals surface area contributed by atoms with Gasteiger partial charge >= 0.3 is 11.9 Å². The molecule has 74 valence electrons. The summed E-state index contributed by atoms with van der Waals surface area (Å²) < 4.78 is 0. The van der Waals surface area contributed by atoms with E-state index in [1.807, 2.05) is 13.8 Å². The first kappa shape index (κ1) is 11.7. The first-order valence-corrected chi connectivity index (χ1v) is 4.07. The van der Waals surface area contributed by atoms with Gasteiger partial charge in [-0.2, -0.15) is 0 Å². The van der Waals surface area contributed by atoms with Crippen LogP contribution in [0.1, 0.15) is 26.7 Å². The van der Waals surface area contributed by atoms with Crippen LogP contribution in [0.3, 0.4) is 0 Å². The highest BCUT2D eigenvalue weighted by atomic mass is 16.4. The quantitative estimate of drug-likeness (QED) is 0.638. The molecule has 4 nitrogen and oxygen atoms in total. The third-order valence-corrected chi connectivity index (χ3v) is 1.43. The van der Waals surface area contributed by atoms with Crippen molar-refractivity contribution in [2.24, 2.45) is 5.92 Å². The minimum atomic E-state index is -1.03. The van der Waals surface area contributed by atoms with Gasteiger partial charge in [0, 0.05) is 5.57 Å². The van der Waals surface area contributed by atoms with E-state index in [2.05, 4.69) is 0 Å². The van der Waals surface area contributed by atoms with E-state index < -0.39 is 11.9 Å². The van der Waals surface area contributed by atoms with Crippen LogP contribution in [-0.4, -0.2) is 22.2 Å². The van der Waals surface area contributed by atoms with Crippen molar-refractivity contribution >= 4 is 11.9 Å². The molecule has 0 spiro atoms. The zero-order valence-electron chi connectivity index (χ0n) is 7.78. The second-order valence-electron chi connectivity index (χ2n) is 3.23. The molecule has 0 aromatic heterocycles. The van der Waals surface area contributed by atoms with Gasteiger partial charge in [-0.1, -0.05) is 19.9 Å². The van der Waals surface area contributed by atoms with Crippen molar-refractivity contribution in [1.29, 1.82) is 0 Å². The minimum absolute atomic E-state index is 0.178. The summed E-state index contributed by atoms with van der Waals surface area (Å²) in [7, 11) is 0. The van der Waals surface area contributed by atoms with Gasteiger partial charge in [0.2, 0.25) is 0 Å². The van der Waals surface area contributed by atoms with Gasteiger partial charge < -0.3 is 10.2 Å². The van der Waals surface area contributed by atoms with E-state index in [9.17, 15) is 9.59 Å². The topological polar surface area (TPSA) is 74.6 Å². The first-order valence-electron chi connectivity index (χ1n) is 4.07. The van der Waals surface area contributed by atoms with Gasteiger partial charge in [-0.25, -0.2) is 4.79 Å². The number of hydrogen-bond acceptors (Lipinski definition) is 2. The normalized spacial score (nSPS) is 11.8. The molecule has 0 saturated heterocycles. The molecule has 0 aliphatic rings. The molecule has 13 heavy (non-hydrogen) atoms. The van der Waals surface area contributed by atoms with E-state index in [4.69, 9.17) is 10.2 Å². The highest BCUT2D eigenvalue weighted by molar-refractivity contribution is 5.87. The maximum atomic E-state index is 10.6. The number of hydrogen-bond donors (Lipinski definition) is 2. The molecule has 0 aromatic rings. The molecule has 0 aliphatic carbocycles. The van der Waals surface area contributed by atoms with Crippen LogP contribution < -0.4 is 0 Å². The van der Waals surface area contributed by atoms with E-state index in [-0.39, 0.29) is 17.9 Å². The van der Waals surface area contributed by atoms with E-state index in [0.29, 0.717) is 6.42 Å². The number of carbonyl (C=O) groups is 2.